The molecule has 0 bridgehead atoms. The molecule has 0 amide bonds. The van der Waals surface area contributed by atoms with E-state index >= 15 is 0 Å². The van der Waals surface area contributed by atoms with Gasteiger partial charge in [-0.2, -0.15) is 13.2 Å². The number of hydrogen-bond acceptors (Lipinski definition) is 1. The van der Waals surface area contributed by atoms with E-state index in [9.17, 15) is 13.2 Å². The van der Waals surface area contributed by atoms with Crippen molar-refractivity contribution in [1.82, 2.24) is 0 Å². The Kier molecular flexibility index (Phi) is 4.33. The predicted molar refractivity (Wildman–Crippen MR) is 63.6 cm³/mol. The van der Waals surface area contributed by atoms with Crippen LogP contribution in [0, 0.1) is 0 Å². The van der Waals surface area contributed by atoms with Gasteiger partial charge in [0.05, 0.1) is 10.6 Å². The van der Waals surface area contributed by atoms with Gasteiger partial charge in [0, 0.05) is 6.04 Å². The standard InChI is InChI=1S/C11H11ClF3N.ClH/c12-9-5-7-6(2-1-3-10(7)16)4-8(9)11(13,14)15;/h4-5,10H,1-3,16H2;1H/t10-;/m0./s1. The van der Waals surface area contributed by atoms with Crippen LogP contribution in [-0.4, -0.2) is 0 Å². The smallest absolute Gasteiger partial charge is 0.324 e. The quantitative estimate of drug-likeness (QED) is 0.763. The van der Waals surface area contributed by atoms with Crippen LogP contribution < -0.4 is 5.73 Å². The maximum atomic E-state index is 12.6. The van der Waals surface area contributed by atoms with Crippen LogP contribution in [0.5, 0.6) is 0 Å². The number of hydrogen-bond donors (Lipinski definition) is 1. The highest BCUT2D eigenvalue weighted by atomic mass is 35.5. The van der Waals surface area contributed by atoms with Gasteiger partial charge in [0.25, 0.3) is 0 Å². The number of fused-ring (bicyclic) bond motifs is 1. The van der Waals surface area contributed by atoms with E-state index in [0.29, 0.717) is 12.0 Å². The number of alkyl halides is 3. The van der Waals surface area contributed by atoms with Crippen LogP contribution >= 0.6 is 24.0 Å². The van der Waals surface area contributed by atoms with Gasteiger partial charge in [-0.05, 0) is 42.5 Å². The normalized spacial score (nSPS) is 19.5. The van der Waals surface area contributed by atoms with Gasteiger partial charge in [0.1, 0.15) is 0 Å². The number of benzene rings is 1. The summed E-state index contributed by atoms with van der Waals surface area (Å²) in [6.07, 6.45) is -2.13. The van der Waals surface area contributed by atoms with Crippen LogP contribution in [0.2, 0.25) is 5.02 Å². The molecule has 0 radical (unpaired) electrons. The van der Waals surface area contributed by atoms with E-state index in [1.807, 2.05) is 0 Å². The molecule has 1 aliphatic rings. The zero-order valence-corrected chi connectivity index (χ0v) is 10.4. The van der Waals surface area contributed by atoms with Crippen LogP contribution in [0.4, 0.5) is 13.2 Å². The van der Waals surface area contributed by atoms with Gasteiger partial charge in [0.2, 0.25) is 0 Å². The molecule has 0 spiro atoms. The maximum absolute atomic E-state index is 12.6. The van der Waals surface area contributed by atoms with Gasteiger partial charge in [-0.1, -0.05) is 11.6 Å². The molecule has 96 valence electrons. The number of aryl methyl sites for hydroxylation is 1. The molecule has 0 aliphatic heterocycles. The Morgan fingerprint density at radius 2 is 1.94 bits per heavy atom. The van der Waals surface area contributed by atoms with Crippen molar-refractivity contribution in [3.05, 3.63) is 33.8 Å². The summed E-state index contributed by atoms with van der Waals surface area (Å²) >= 11 is 5.64. The van der Waals surface area contributed by atoms with Crippen molar-refractivity contribution in [2.45, 2.75) is 31.5 Å². The number of nitrogens with two attached hydrogens (primary N) is 1. The highest BCUT2D eigenvalue weighted by Crippen LogP contribution is 2.39. The zero-order chi connectivity index (χ0) is 11.9. The van der Waals surface area contributed by atoms with E-state index in [2.05, 4.69) is 0 Å². The van der Waals surface area contributed by atoms with Crippen molar-refractivity contribution in [3.8, 4) is 0 Å². The second kappa shape index (κ2) is 5.04. The highest BCUT2D eigenvalue weighted by molar-refractivity contribution is 6.31. The second-order valence-corrected chi connectivity index (χ2v) is 4.43. The maximum Gasteiger partial charge on any atom is 0.417 e. The molecule has 0 fully saturated rings. The third-order valence-electron chi connectivity index (χ3n) is 2.90. The monoisotopic (exact) mass is 285 g/mol. The van der Waals surface area contributed by atoms with Gasteiger partial charge < -0.3 is 5.73 Å². The molecule has 0 aromatic heterocycles. The summed E-state index contributed by atoms with van der Waals surface area (Å²) < 4.78 is 37.8. The fourth-order valence-corrected chi connectivity index (χ4v) is 2.36. The van der Waals surface area contributed by atoms with E-state index < -0.39 is 11.7 Å². The molecule has 0 saturated carbocycles. The minimum Gasteiger partial charge on any atom is -0.324 e. The lowest BCUT2D eigenvalue weighted by atomic mass is 9.87. The molecular formula is C11H12Cl2F3N. The predicted octanol–water partition coefficient (Wildman–Crippen LogP) is 4.12. The van der Waals surface area contributed by atoms with Crippen molar-refractivity contribution >= 4 is 24.0 Å². The Hall–Kier alpha value is -0.450. The minimum atomic E-state index is -4.40. The fourth-order valence-electron chi connectivity index (χ4n) is 2.08. The number of halogens is 5. The average molecular weight is 286 g/mol. The molecule has 1 aromatic carbocycles. The molecule has 2 rings (SSSR count). The molecule has 0 heterocycles. The summed E-state index contributed by atoms with van der Waals surface area (Å²) in [5, 5.41) is -0.261. The molecule has 1 atom stereocenters. The van der Waals surface area contributed by atoms with Crippen LogP contribution in [0.25, 0.3) is 0 Å². The summed E-state index contributed by atoms with van der Waals surface area (Å²) in [5.41, 5.74) is 6.50. The Balaban J connectivity index is 0.00000144. The highest BCUT2D eigenvalue weighted by Gasteiger charge is 2.34. The van der Waals surface area contributed by atoms with Crippen LogP contribution in [-0.2, 0) is 12.6 Å². The summed E-state index contributed by atoms with van der Waals surface area (Å²) in [6, 6.07) is 2.31. The SMILES string of the molecule is Cl.N[C@H]1CCCc2cc(C(F)(F)F)c(Cl)cc21. The van der Waals surface area contributed by atoms with Crippen LogP contribution in [0.3, 0.4) is 0 Å². The molecule has 17 heavy (non-hydrogen) atoms. The van der Waals surface area contributed by atoms with Gasteiger partial charge >= 0.3 is 6.18 Å². The third kappa shape index (κ3) is 2.87. The molecule has 1 aromatic rings. The van der Waals surface area contributed by atoms with Gasteiger partial charge in [0.15, 0.2) is 0 Å². The van der Waals surface area contributed by atoms with E-state index in [-0.39, 0.29) is 23.5 Å². The Morgan fingerprint density at radius 3 is 2.53 bits per heavy atom. The molecular weight excluding hydrogens is 274 g/mol. The van der Waals surface area contributed by atoms with Gasteiger partial charge in [-0.3, -0.25) is 0 Å². The number of rotatable bonds is 0. The minimum absolute atomic E-state index is 0. The van der Waals surface area contributed by atoms with Crippen molar-refractivity contribution < 1.29 is 13.2 Å². The van der Waals surface area contributed by atoms with Crippen molar-refractivity contribution in [2.75, 3.05) is 0 Å². The van der Waals surface area contributed by atoms with E-state index in [0.717, 1.165) is 24.5 Å². The lowest BCUT2D eigenvalue weighted by Crippen LogP contribution is -2.19. The first-order valence-electron chi connectivity index (χ1n) is 5.04. The summed E-state index contributed by atoms with van der Waals surface area (Å²) in [4.78, 5) is 0. The Morgan fingerprint density at radius 1 is 1.29 bits per heavy atom. The molecule has 0 unspecified atom stereocenters. The van der Waals surface area contributed by atoms with Crippen molar-refractivity contribution in [1.29, 1.82) is 0 Å². The Labute approximate surface area is 109 Å². The van der Waals surface area contributed by atoms with Crippen LogP contribution in [0.1, 0.15) is 35.6 Å². The van der Waals surface area contributed by atoms with Crippen molar-refractivity contribution in [3.63, 3.8) is 0 Å². The topological polar surface area (TPSA) is 26.0 Å². The van der Waals surface area contributed by atoms with E-state index in [1.54, 1.807) is 0 Å². The lowest BCUT2D eigenvalue weighted by Gasteiger charge is -2.24. The van der Waals surface area contributed by atoms with Gasteiger partial charge in [-0.25, -0.2) is 0 Å². The zero-order valence-electron chi connectivity index (χ0n) is 8.85. The molecule has 0 saturated heterocycles. The molecule has 1 aliphatic carbocycles. The van der Waals surface area contributed by atoms with E-state index in [1.165, 1.54) is 6.07 Å². The van der Waals surface area contributed by atoms with Crippen LogP contribution in [0.15, 0.2) is 12.1 Å². The van der Waals surface area contributed by atoms with Gasteiger partial charge in [-0.15, -0.1) is 12.4 Å². The summed E-state index contributed by atoms with van der Waals surface area (Å²) in [5.74, 6) is 0. The molecule has 6 heteroatoms. The first-order valence-corrected chi connectivity index (χ1v) is 5.42. The Bertz CT molecular complexity index is 418. The van der Waals surface area contributed by atoms with Crippen molar-refractivity contribution in [2.24, 2.45) is 5.73 Å². The molecule has 2 N–H and O–H groups in total. The largest absolute Gasteiger partial charge is 0.417 e. The lowest BCUT2D eigenvalue weighted by molar-refractivity contribution is -0.137. The molecule has 1 nitrogen and oxygen atoms in total. The first kappa shape index (κ1) is 14.6. The summed E-state index contributed by atoms with van der Waals surface area (Å²) in [7, 11) is 0. The average Bonchev–Trinajstić information content (AvgIpc) is 2.17. The third-order valence-corrected chi connectivity index (χ3v) is 3.21. The first-order chi connectivity index (χ1) is 7.39. The second-order valence-electron chi connectivity index (χ2n) is 4.03. The summed E-state index contributed by atoms with van der Waals surface area (Å²) in [6.45, 7) is 0. The fraction of sp³-hybridized carbons (Fsp3) is 0.455. The van der Waals surface area contributed by atoms with E-state index in [4.69, 9.17) is 17.3 Å².